The summed E-state index contributed by atoms with van der Waals surface area (Å²) < 4.78 is 40.5. The molecule has 0 aliphatic rings. The van der Waals surface area contributed by atoms with Crippen molar-refractivity contribution in [1.82, 2.24) is 8.87 Å². The highest BCUT2D eigenvalue weighted by atomic mass is 32.2. The smallest absolute Gasteiger partial charge is 0.251 e. The van der Waals surface area contributed by atoms with Gasteiger partial charge in [-0.1, -0.05) is 19.9 Å². The third-order valence-corrected chi connectivity index (χ3v) is 5.76. The SMILES string of the molecule is CCN(CC)S(=O)(=O)c1ccc(=O)n(CC(=O)Nc2cccc(F)c2)c1. The van der Waals surface area contributed by atoms with Crippen molar-refractivity contribution in [2.24, 2.45) is 0 Å². The molecule has 1 amide bonds. The van der Waals surface area contributed by atoms with E-state index in [-0.39, 0.29) is 23.7 Å². The Bertz CT molecular complexity index is 952. The van der Waals surface area contributed by atoms with Gasteiger partial charge in [0.15, 0.2) is 0 Å². The molecule has 0 saturated carbocycles. The first kappa shape index (κ1) is 19.8. The van der Waals surface area contributed by atoms with Gasteiger partial charge >= 0.3 is 0 Å². The normalized spacial score (nSPS) is 11.5. The highest BCUT2D eigenvalue weighted by molar-refractivity contribution is 7.89. The molecule has 0 saturated heterocycles. The number of halogens is 1. The first-order valence-electron chi connectivity index (χ1n) is 8.04. The van der Waals surface area contributed by atoms with Gasteiger partial charge in [0.1, 0.15) is 12.4 Å². The predicted molar refractivity (Wildman–Crippen MR) is 95.8 cm³/mol. The number of amides is 1. The molecule has 0 aliphatic heterocycles. The summed E-state index contributed by atoms with van der Waals surface area (Å²) in [6.45, 7) is 3.61. The standard InChI is InChI=1S/C17H20FN3O4S/c1-3-21(4-2)26(24,25)15-8-9-17(23)20(11-15)12-16(22)19-14-7-5-6-13(18)10-14/h5-11H,3-4,12H2,1-2H3,(H,19,22). The monoisotopic (exact) mass is 381 g/mol. The quantitative estimate of drug-likeness (QED) is 0.790. The van der Waals surface area contributed by atoms with Crippen molar-refractivity contribution >= 4 is 21.6 Å². The van der Waals surface area contributed by atoms with Crippen LogP contribution in [-0.4, -0.2) is 36.3 Å². The Kier molecular flexibility index (Phi) is 6.27. The topological polar surface area (TPSA) is 88.5 Å². The van der Waals surface area contributed by atoms with Crippen molar-refractivity contribution in [1.29, 1.82) is 0 Å². The molecule has 0 unspecified atom stereocenters. The molecule has 1 heterocycles. The van der Waals surface area contributed by atoms with Crippen LogP contribution in [-0.2, 0) is 21.4 Å². The van der Waals surface area contributed by atoms with Gasteiger partial charge in [0.05, 0.1) is 4.90 Å². The Morgan fingerprint density at radius 3 is 2.50 bits per heavy atom. The van der Waals surface area contributed by atoms with E-state index in [9.17, 15) is 22.4 Å². The molecule has 140 valence electrons. The van der Waals surface area contributed by atoms with Gasteiger partial charge in [-0.3, -0.25) is 9.59 Å². The maximum Gasteiger partial charge on any atom is 0.251 e. The Labute approximate surface area is 151 Å². The highest BCUT2D eigenvalue weighted by Gasteiger charge is 2.22. The first-order valence-corrected chi connectivity index (χ1v) is 9.48. The summed E-state index contributed by atoms with van der Waals surface area (Å²) in [5, 5.41) is 2.46. The summed E-state index contributed by atoms with van der Waals surface area (Å²) in [6, 6.07) is 7.64. The van der Waals surface area contributed by atoms with Crippen LogP contribution >= 0.6 is 0 Å². The molecule has 0 bridgehead atoms. The number of carbonyl (C=O) groups excluding carboxylic acids is 1. The van der Waals surface area contributed by atoms with Crippen LogP contribution in [0.3, 0.4) is 0 Å². The molecule has 0 radical (unpaired) electrons. The fourth-order valence-electron chi connectivity index (χ4n) is 2.42. The molecule has 0 aliphatic carbocycles. The second-order valence-corrected chi connectivity index (χ2v) is 7.42. The number of benzene rings is 1. The van der Waals surface area contributed by atoms with Crippen molar-refractivity contribution in [3.8, 4) is 0 Å². The van der Waals surface area contributed by atoms with Gasteiger partial charge in [0.2, 0.25) is 15.9 Å². The fraction of sp³-hybridized carbons (Fsp3) is 0.294. The zero-order valence-corrected chi connectivity index (χ0v) is 15.3. The maximum atomic E-state index is 13.2. The van der Waals surface area contributed by atoms with Crippen LogP contribution in [0.15, 0.2) is 52.3 Å². The van der Waals surface area contributed by atoms with Crippen molar-refractivity contribution in [2.45, 2.75) is 25.3 Å². The van der Waals surface area contributed by atoms with Crippen LogP contribution in [0, 0.1) is 5.82 Å². The van der Waals surface area contributed by atoms with E-state index in [0.29, 0.717) is 0 Å². The average molecular weight is 381 g/mol. The fourth-order valence-corrected chi connectivity index (χ4v) is 3.90. The highest BCUT2D eigenvalue weighted by Crippen LogP contribution is 2.14. The Morgan fingerprint density at radius 1 is 1.19 bits per heavy atom. The molecule has 9 heteroatoms. The molecule has 0 fully saturated rings. The predicted octanol–water partition coefficient (Wildman–Crippen LogP) is 1.66. The number of sulfonamides is 1. The molecular weight excluding hydrogens is 361 g/mol. The largest absolute Gasteiger partial charge is 0.324 e. The number of carbonyl (C=O) groups is 1. The average Bonchev–Trinajstić information content (AvgIpc) is 2.57. The van der Waals surface area contributed by atoms with E-state index in [1.807, 2.05) is 0 Å². The Hall–Kier alpha value is -2.52. The number of aromatic nitrogens is 1. The molecule has 2 rings (SSSR count). The van der Waals surface area contributed by atoms with E-state index in [4.69, 9.17) is 0 Å². The van der Waals surface area contributed by atoms with Crippen LogP contribution in [0.1, 0.15) is 13.8 Å². The zero-order valence-electron chi connectivity index (χ0n) is 14.5. The lowest BCUT2D eigenvalue weighted by Crippen LogP contribution is -2.33. The van der Waals surface area contributed by atoms with Gasteiger partial charge in [-0.25, -0.2) is 12.8 Å². The van der Waals surface area contributed by atoms with Crippen LogP contribution in [0.2, 0.25) is 0 Å². The molecule has 0 atom stereocenters. The van der Waals surface area contributed by atoms with Gasteiger partial charge in [-0.15, -0.1) is 0 Å². The maximum absolute atomic E-state index is 13.2. The molecule has 1 aromatic heterocycles. The van der Waals surface area contributed by atoms with Gasteiger partial charge in [-0.2, -0.15) is 4.31 Å². The van der Waals surface area contributed by atoms with Gasteiger partial charge in [0, 0.05) is 31.0 Å². The summed E-state index contributed by atoms with van der Waals surface area (Å²) in [5.74, 6) is -1.08. The Morgan fingerprint density at radius 2 is 1.88 bits per heavy atom. The van der Waals surface area contributed by atoms with Crippen LogP contribution in [0.5, 0.6) is 0 Å². The van der Waals surface area contributed by atoms with Crippen molar-refractivity contribution in [3.05, 3.63) is 58.8 Å². The molecule has 0 spiro atoms. The van der Waals surface area contributed by atoms with Gasteiger partial charge in [-0.05, 0) is 24.3 Å². The Balaban J connectivity index is 2.25. The zero-order chi connectivity index (χ0) is 19.3. The van der Waals surface area contributed by atoms with Crippen LogP contribution in [0.25, 0.3) is 0 Å². The van der Waals surface area contributed by atoms with E-state index in [0.717, 1.165) is 22.9 Å². The molecule has 26 heavy (non-hydrogen) atoms. The summed E-state index contributed by atoms with van der Waals surface area (Å²) in [4.78, 5) is 24.0. The summed E-state index contributed by atoms with van der Waals surface area (Å²) >= 11 is 0. The molecule has 2 aromatic rings. The lowest BCUT2D eigenvalue weighted by atomic mass is 10.3. The number of hydrogen-bond acceptors (Lipinski definition) is 4. The number of rotatable bonds is 7. The minimum atomic E-state index is -3.75. The second-order valence-electron chi connectivity index (χ2n) is 5.48. The number of hydrogen-bond donors (Lipinski definition) is 1. The molecule has 7 nitrogen and oxygen atoms in total. The van der Waals surface area contributed by atoms with Gasteiger partial charge < -0.3 is 9.88 Å². The van der Waals surface area contributed by atoms with Crippen LogP contribution in [0.4, 0.5) is 10.1 Å². The van der Waals surface area contributed by atoms with Crippen molar-refractivity contribution in [2.75, 3.05) is 18.4 Å². The molecular formula is C17H20FN3O4S. The minimum absolute atomic E-state index is 0.0700. The van der Waals surface area contributed by atoms with E-state index in [2.05, 4.69) is 5.32 Å². The van der Waals surface area contributed by atoms with E-state index in [1.165, 1.54) is 28.6 Å². The molecule has 1 aromatic carbocycles. The third-order valence-electron chi connectivity index (χ3n) is 3.72. The van der Waals surface area contributed by atoms with Gasteiger partial charge in [0.25, 0.3) is 5.56 Å². The van der Waals surface area contributed by atoms with E-state index >= 15 is 0 Å². The summed E-state index contributed by atoms with van der Waals surface area (Å²) in [7, 11) is -3.75. The number of nitrogens with zero attached hydrogens (tertiary/aromatic N) is 2. The minimum Gasteiger partial charge on any atom is -0.324 e. The summed E-state index contributed by atoms with van der Waals surface area (Å²) in [6.07, 6.45) is 1.14. The van der Waals surface area contributed by atoms with Crippen LogP contribution < -0.4 is 10.9 Å². The number of pyridine rings is 1. The number of anilines is 1. The molecule has 1 N–H and O–H groups in total. The first-order chi connectivity index (χ1) is 12.3. The van der Waals surface area contributed by atoms with Crippen molar-refractivity contribution in [3.63, 3.8) is 0 Å². The lowest BCUT2D eigenvalue weighted by Gasteiger charge is -2.19. The lowest BCUT2D eigenvalue weighted by molar-refractivity contribution is -0.116. The second kappa shape index (κ2) is 8.24. The van der Waals surface area contributed by atoms with Crippen molar-refractivity contribution < 1.29 is 17.6 Å². The van der Waals surface area contributed by atoms with E-state index < -0.39 is 33.9 Å². The summed E-state index contributed by atoms with van der Waals surface area (Å²) in [5.41, 5.74) is -0.271. The third kappa shape index (κ3) is 4.55. The van der Waals surface area contributed by atoms with E-state index in [1.54, 1.807) is 13.8 Å². The number of nitrogens with one attached hydrogen (secondary N) is 1.